The van der Waals surface area contributed by atoms with Crippen LogP contribution in [0.15, 0.2) is 18.2 Å². The van der Waals surface area contributed by atoms with E-state index in [2.05, 4.69) is 0 Å². The molecular weight excluding hydrogens is 256 g/mol. The molecule has 2 rings (SSSR count). The summed E-state index contributed by atoms with van der Waals surface area (Å²) in [5.41, 5.74) is 6.84. The van der Waals surface area contributed by atoms with Gasteiger partial charge in [-0.15, -0.1) is 0 Å². The summed E-state index contributed by atoms with van der Waals surface area (Å²) < 4.78 is 11.2. The number of carbonyl (C=O) groups is 1. The molecule has 0 saturated heterocycles. The molecule has 1 aliphatic heterocycles. The van der Waals surface area contributed by atoms with E-state index in [0.717, 1.165) is 17.1 Å². The van der Waals surface area contributed by atoms with Crippen LogP contribution in [-0.2, 0) is 11.3 Å². The molecule has 0 aromatic heterocycles. The van der Waals surface area contributed by atoms with Crippen molar-refractivity contribution in [3.63, 3.8) is 0 Å². The minimum absolute atomic E-state index is 0.0608. The third-order valence-corrected chi connectivity index (χ3v) is 3.43. The van der Waals surface area contributed by atoms with Gasteiger partial charge in [0.2, 0.25) is 5.91 Å². The van der Waals surface area contributed by atoms with Gasteiger partial charge in [-0.1, -0.05) is 26.0 Å². The number of ether oxygens (including phenoxy) is 2. The lowest BCUT2D eigenvalue weighted by Gasteiger charge is -2.26. The number of para-hydroxylation sites is 1. The zero-order valence-electron chi connectivity index (χ0n) is 12.3. The van der Waals surface area contributed by atoms with Gasteiger partial charge in [0.1, 0.15) is 13.2 Å². The van der Waals surface area contributed by atoms with Gasteiger partial charge in [-0.05, 0) is 12.0 Å². The maximum Gasteiger partial charge on any atom is 0.239 e. The number of benzene rings is 1. The van der Waals surface area contributed by atoms with Crippen molar-refractivity contribution < 1.29 is 14.3 Å². The SMILES string of the molecule is CC(C)C(N)C(=O)N(C)Cc1cccc2c1OCCO2. The van der Waals surface area contributed by atoms with Crippen LogP contribution in [0.3, 0.4) is 0 Å². The monoisotopic (exact) mass is 278 g/mol. The number of hydrogen-bond acceptors (Lipinski definition) is 4. The lowest BCUT2D eigenvalue weighted by molar-refractivity contribution is -0.132. The van der Waals surface area contributed by atoms with Crippen molar-refractivity contribution >= 4 is 5.91 Å². The summed E-state index contributed by atoms with van der Waals surface area (Å²) in [5, 5.41) is 0. The highest BCUT2D eigenvalue weighted by Crippen LogP contribution is 2.34. The van der Waals surface area contributed by atoms with E-state index in [1.54, 1.807) is 11.9 Å². The standard InChI is InChI=1S/C15H22N2O3/c1-10(2)13(16)15(18)17(3)9-11-5-4-6-12-14(11)20-8-7-19-12/h4-6,10,13H,7-9,16H2,1-3H3. The zero-order valence-corrected chi connectivity index (χ0v) is 12.3. The van der Waals surface area contributed by atoms with Gasteiger partial charge in [-0.25, -0.2) is 0 Å². The van der Waals surface area contributed by atoms with Gasteiger partial charge in [0, 0.05) is 19.2 Å². The molecule has 0 radical (unpaired) electrons. The van der Waals surface area contributed by atoms with Crippen molar-refractivity contribution in [2.75, 3.05) is 20.3 Å². The Morgan fingerprint density at radius 2 is 2.05 bits per heavy atom. The molecule has 1 unspecified atom stereocenters. The maximum atomic E-state index is 12.2. The Balaban J connectivity index is 2.12. The van der Waals surface area contributed by atoms with Crippen molar-refractivity contribution in [3.05, 3.63) is 23.8 Å². The molecular formula is C15H22N2O3. The van der Waals surface area contributed by atoms with E-state index in [1.165, 1.54) is 0 Å². The Morgan fingerprint density at radius 3 is 2.75 bits per heavy atom. The summed E-state index contributed by atoms with van der Waals surface area (Å²) in [5.74, 6) is 1.53. The van der Waals surface area contributed by atoms with E-state index in [1.807, 2.05) is 32.0 Å². The molecule has 2 N–H and O–H groups in total. The molecule has 1 aromatic carbocycles. The maximum absolute atomic E-state index is 12.2. The van der Waals surface area contributed by atoms with Crippen molar-refractivity contribution in [1.29, 1.82) is 0 Å². The molecule has 1 aromatic rings. The Morgan fingerprint density at radius 1 is 1.35 bits per heavy atom. The number of hydrogen-bond donors (Lipinski definition) is 1. The molecule has 110 valence electrons. The first-order valence-electron chi connectivity index (χ1n) is 6.88. The van der Waals surface area contributed by atoms with Crippen molar-refractivity contribution in [3.8, 4) is 11.5 Å². The molecule has 5 nitrogen and oxygen atoms in total. The number of carbonyl (C=O) groups excluding carboxylic acids is 1. The lowest BCUT2D eigenvalue weighted by atomic mass is 10.0. The first-order chi connectivity index (χ1) is 9.50. The average molecular weight is 278 g/mol. The lowest BCUT2D eigenvalue weighted by Crippen LogP contribution is -2.44. The molecule has 0 saturated carbocycles. The van der Waals surface area contributed by atoms with Gasteiger partial charge in [0.15, 0.2) is 11.5 Å². The average Bonchev–Trinajstić information content (AvgIpc) is 2.46. The summed E-state index contributed by atoms with van der Waals surface area (Å²) in [6.07, 6.45) is 0. The Labute approximate surface area is 119 Å². The van der Waals surface area contributed by atoms with E-state index in [-0.39, 0.29) is 11.8 Å². The number of nitrogens with zero attached hydrogens (tertiary/aromatic N) is 1. The van der Waals surface area contributed by atoms with Gasteiger partial charge >= 0.3 is 0 Å². The minimum atomic E-state index is -0.475. The largest absolute Gasteiger partial charge is 0.486 e. The van der Waals surface area contributed by atoms with Crippen LogP contribution >= 0.6 is 0 Å². The van der Waals surface area contributed by atoms with Crippen LogP contribution in [0.1, 0.15) is 19.4 Å². The van der Waals surface area contributed by atoms with Crippen LogP contribution in [-0.4, -0.2) is 37.1 Å². The van der Waals surface area contributed by atoms with Gasteiger partial charge in [-0.2, -0.15) is 0 Å². The van der Waals surface area contributed by atoms with Gasteiger partial charge in [0.05, 0.1) is 6.04 Å². The number of likely N-dealkylation sites (N-methyl/N-ethyl adjacent to an activating group) is 1. The number of amides is 1. The Kier molecular flexibility index (Phi) is 4.49. The number of rotatable bonds is 4. The fraction of sp³-hybridized carbons (Fsp3) is 0.533. The molecule has 0 spiro atoms. The van der Waals surface area contributed by atoms with Crippen molar-refractivity contribution in [2.45, 2.75) is 26.4 Å². The Bertz CT molecular complexity index is 488. The molecule has 5 heteroatoms. The first kappa shape index (κ1) is 14.7. The van der Waals surface area contributed by atoms with E-state index >= 15 is 0 Å². The zero-order chi connectivity index (χ0) is 14.7. The highest BCUT2D eigenvalue weighted by molar-refractivity contribution is 5.81. The summed E-state index contributed by atoms with van der Waals surface area (Å²) >= 11 is 0. The fourth-order valence-corrected chi connectivity index (χ4v) is 2.13. The van der Waals surface area contributed by atoms with E-state index in [4.69, 9.17) is 15.2 Å². The predicted molar refractivity (Wildman–Crippen MR) is 76.7 cm³/mol. The Hall–Kier alpha value is -1.75. The van der Waals surface area contributed by atoms with Crippen LogP contribution in [0.4, 0.5) is 0 Å². The molecule has 20 heavy (non-hydrogen) atoms. The summed E-state index contributed by atoms with van der Waals surface area (Å²) in [4.78, 5) is 13.8. The molecule has 1 heterocycles. The number of nitrogens with two attached hydrogens (primary N) is 1. The highest BCUT2D eigenvalue weighted by atomic mass is 16.6. The summed E-state index contributed by atoms with van der Waals surface area (Å²) in [7, 11) is 1.76. The molecule has 0 aliphatic carbocycles. The second-order valence-electron chi connectivity index (χ2n) is 5.41. The fourth-order valence-electron chi connectivity index (χ4n) is 2.13. The first-order valence-corrected chi connectivity index (χ1v) is 6.88. The summed E-state index contributed by atoms with van der Waals surface area (Å²) in [6, 6.07) is 5.25. The third-order valence-electron chi connectivity index (χ3n) is 3.43. The molecule has 0 fully saturated rings. The highest BCUT2D eigenvalue weighted by Gasteiger charge is 2.23. The third kappa shape index (κ3) is 3.04. The molecule has 1 aliphatic rings. The van der Waals surface area contributed by atoms with Gasteiger partial charge in [-0.3, -0.25) is 4.79 Å². The topological polar surface area (TPSA) is 64.8 Å². The minimum Gasteiger partial charge on any atom is -0.486 e. The molecule has 1 atom stereocenters. The smallest absolute Gasteiger partial charge is 0.239 e. The van der Waals surface area contributed by atoms with Gasteiger partial charge < -0.3 is 20.1 Å². The normalized spacial score (nSPS) is 15.1. The van der Waals surface area contributed by atoms with E-state index in [0.29, 0.717) is 19.8 Å². The molecule has 1 amide bonds. The van der Waals surface area contributed by atoms with Crippen LogP contribution in [0.25, 0.3) is 0 Å². The van der Waals surface area contributed by atoms with E-state index in [9.17, 15) is 4.79 Å². The predicted octanol–water partition coefficient (Wildman–Crippen LogP) is 1.40. The second-order valence-corrected chi connectivity index (χ2v) is 5.41. The summed E-state index contributed by atoms with van der Waals surface area (Å²) in [6.45, 7) is 5.44. The quantitative estimate of drug-likeness (QED) is 0.904. The van der Waals surface area contributed by atoms with Gasteiger partial charge in [0.25, 0.3) is 0 Å². The van der Waals surface area contributed by atoms with E-state index < -0.39 is 6.04 Å². The van der Waals surface area contributed by atoms with Crippen LogP contribution in [0.2, 0.25) is 0 Å². The second kappa shape index (κ2) is 6.13. The van der Waals surface area contributed by atoms with Crippen molar-refractivity contribution in [2.24, 2.45) is 11.7 Å². The van der Waals surface area contributed by atoms with Crippen LogP contribution in [0, 0.1) is 5.92 Å². The molecule has 0 bridgehead atoms. The van der Waals surface area contributed by atoms with Crippen LogP contribution in [0.5, 0.6) is 11.5 Å². The van der Waals surface area contributed by atoms with Crippen molar-refractivity contribution in [1.82, 2.24) is 4.90 Å². The van der Waals surface area contributed by atoms with Crippen LogP contribution < -0.4 is 15.2 Å². The number of fused-ring (bicyclic) bond motifs is 1.